The number of hydrogen-bond donors (Lipinski definition) is 2. The number of aliphatic carboxylic acids is 1. The van der Waals surface area contributed by atoms with Gasteiger partial charge in [-0.1, -0.05) is 18.2 Å². The van der Waals surface area contributed by atoms with Crippen LogP contribution in [-0.2, 0) is 14.6 Å². The smallest absolute Gasteiger partial charge is 0.303 e. The van der Waals surface area contributed by atoms with E-state index in [9.17, 15) is 27.1 Å². The number of sulfone groups is 1. The van der Waals surface area contributed by atoms with E-state index in [1.165, 1.54) is 30.3 Å². The molecular weight excluding hydrogens is 378 g/mol. The van der Waals surface area contributed by atoms with E-state index in [4.69, 9.17) is 5.11 Å². The second kappa shape index (κ2) is 8.41. The molecule has 0 aromatic heterocycles. The number of carboxylic acids is 1. The van der Waals surface area contributed by atoms with Gasteiger partial charge < -0.3 is 10.2 Å². The predicted molar refractivity (Wildman–Crippen MR) is 96.7 cm³/mol. The van der Waals surface area contributed by atoms with Crippen molar-refractivity contribution in [1.82, 2.24) is 0 Å². The van der Waals surface area contributed by atoms with Crippen molar-refractivity contribution in [2.45, 2.75) is 17.7 Å². The fourth-order valence-corrected chi connectivity index (χ4v) is 3.28. The molecule has 0 spiro atoms. The van der Waals surface area contributed by atoms with Crippen molar-refractivity contribution in [2.24, 2.45) is 0 Å². The number of hydrogen-bond acceptors (Lipinski definition) is 4. The summed E-state index contributed by atoms with van der Waals surface area (Å²) >= 11 is 0. The summed E-state index contributed by atoms with van der Waals surface area (Å²) in [4.78, 5) is 11.1. The number of aliphatic hydroxyl groups excluding tert-OH is 1. The van der Waals surface area contributed by atoms with Crippen molar-refractivity contribution >= 4 is 27.0 Å². The van der Waals surface area contributed by atoms with Crippen LogP contribution in [0.3, 0.4) is 0 Å². The summed E-state index contributed by atoms with van der Waals surface area (Å²) in [5, 5.41) is 18.8. The van der Waals surface area contributed by atoms with Crippen LogP contribution < -0.4 is 0 Å². The largest absolute Gasteiger partial charge is 0.481 e. The summed E-state index contributed by atoms with van der Waals surface area (Å²) < 4.78 is 50.0. The van der Waals surface area contributed by atoms with Gasteiger partial charge in [0.25, 0.3) is 0 Å². The van der Waals surface area contributed by atoms with Crippen LogP contribution in [0.1, 0.15) is 24.0 Å². The molecule has 2 N–H and O–H groups in total. The van der Waals surface area contributed by atoms with E-state index < -0.39 is 34.0 Å². The molecule has 0 aliphatic rings. The highest BCUT2D eigenvalue weighted by Gasteiger charge is 2.16. The van der Waals surface area contributed by atoms with Crippen molar-refractivity contribution in [2.75, 3.05) is 12.9 Å². The van der Waals surface area contributed by atoms with Gasteiger partial charge >= 0.3 is 5.97 Å². The minimum atomic E-state index is -3.41. The molecular formula is C19H18F2O5S. The average Bonchev–Trinajstić information content (AvgIpc) is 2.60. The number of rotatable bonds is 7. The van der Waals surface area contributed by atoms with Gasteiger partial charge in [-0.2, -0.15) is 0 Å². The van der Waals surface area contributed by atoms with E-state index in [0.717, 1.165) is 18.4 Å². The lowest BCUT2D eigenvalue weighted by Gasteiger charge is -2.15. The van der Waals surface area contributed by atoms with Gasteiger partial charge in [0.15, 0.2) is 21.5 Å². The molecule has 2 rings (SSSR count). The minimum absolute atomic E-state index is 0.0163. The Kier molecular flexibility index (Phi) is 6.45. The van der Waals surface area contributed by atoms with E-state index in [1.54, 1.807) is 0 Å². The van der Waals surface area contributed by atoms with Crippen LogP contribution in [-0.4, -0.2) is 37.5 Å². The summed E-state index contributed by atoms with van der Waals surface area (Å²) in [7, 11) is -3.41. The van der Waals surface area contributed by atoms with Crippen LogP contribution in [0.15, 0.2) is 47.4 Å². The number of benzene rings is 2. The van der Waals surface area contributed by atoms with E-state index in [1.807, 2.05) is 0 Å². The molecule has 0 aliphatic carbocycles. The lowest BCUT2D eigenvalue weighted by molar-refractivity contribution is -0.136. The molecule has 5 nitrogen and oxygen atoms in total. The second-order valence-corrected chi connectivity index (χ2v) is 7.95. The zero-order valence-corrected chi connectivity index (χ0v) is 15.3. The Balaban J connectivity index is 2.61. The first kappa shape index (κ1) is 20.7. The molecule has 0 atom stereocenters. The molecule has 144 valence electrons. The van der Waals surface area contributed by atoms with E-state index in [2.05, 4.69) is 0 Å². The molecule has 2 aromatic carbocycles. The first-order valence-electron chi connectivity index (χ1n) is 7.94. The topological polar surface area (TPSA) is 91.7 Å². The molecule has 0 saturated carbocycles. The number of halogens is 2. The molecule has 0 aliphatic heterocycles. The molecule has 0 heterocycles. The summed E-state index contributed by atoms with van der Waals surface area (Å²) in [5.41, 5.74) is 1.34. The Bertz CT molecular complexity index is 980. The first-order valence-corrected chi connectivity index (χ1v) is 9.83. The summed E-state index contributed by atoms with van der Waals surface area (Å²) in [6.07, 6.45) is 0.822. The average molecular weight is 396 g/mol. The molecule has 2 aromatic rings. The Morgan fingerprint density at radius 2 is 1.52 bits per heavy atom. The first-order chi connectivity index (χ1) is 12.6. The van der Waals surface area contributed by atoms with Crippen molar-refractivity contribution in [3.05, 3.63) is 65.2 Å². The molecule has 8 heteroatoms. The molecule has 0 unspecified atom stereocenters. The van der Waals surface area contributed by atoms with Crippen LogP contribution in [0.2, 0.25) is 0 Å². The van der Waals surface area contributed by atoms with Crippen molar-refractivity contribution in [3.63, 3.8) is 0 Å². The maximum Gasteiger partial charge on any atom is 0.303 e. The number of aliphatic hydroxyl groups is 1. The van der Waals surface area contributed by atoms with Crippen molar-refractivity contribution in [3.8, 4) is 0 Å². The third-order valence-electron chi connectivity index (χ3n) is 4.01. The summed E-state index contributed by atoms with van der Waals surface area (Å²) in [6.45, 7) is -0.534. The predicted octanol–water partition coefficient (Wildman–Crippen LogP) is 3.14. The number of carboxylic acid groups (broad SMARTS) is 1. The molecule has 0 fully saturated rings. The Hall–Kier alpha value is -2.58. The van der Waals surface area contributed by atoms with Gasteiger partial charge in [0.05, 0.1) is 11.5 Å². The zero-order chi connectivity index (χ0) is 20.2. The molecule has 0 amide bonds. The van der Waals surface area contributed by atoms with Crippen LogP contribution in [0.25, 0.3) is 11.1 Å². The molecule has 27 heavy (non-hydrogen) atoms. The Morgan fingerprint density at radius 1 is 0.926 bits per heavy atom. The second-order valence-electron chi connectivity index (χ2n) is 5.93. The van der Waals surface area contributed by atoms with Gasteiger partial charge in [-0.3, -0.25) is 4.79 Å². The third-order valence-corrected chi connectivity index (χ3v) is 5.14. The highest BCUT2D eigenvalue weighted by atomic mass is 32.2. The highest BCUT2D eigenvalue weighted by molar-refractivity contribution is 7.90. The highest BCUT2D eigenvalue weighted by Crippen LogP contribution is 2.31. The normalized spacial score (nSPS) is 12.6. The summed E-state index contributed by atoms with van der Waals surface area (Å²) in [6, 6.07) is 8.84. The van der Waals surface area contributed by atoms with Gasteiger partial charge in [0.2, 0.25) is 0 Å². The van der Waals surface area contributed by atoms with E-state index >= 15 is 0 Å². The van der Waals surface area contributed by atoms with Gasteiger partial charge in [0.1, 0.15) is 0 Å². The van der Waals surface area contributed by atoms with Gasteiger partial charge in [-0.15, -0.1) is 0 Å². The lowest BCUT2D eigenvalue weighted by atomic mass is 9.91. The summed E-state index contributed by atoms with van der Waals surface area (Å²) in [5.74, 6) is -3.20. The van der Waals surface area contributed by atoms with Crippen LogP contribution in [0, 0.1) is 11.6 Å². The number of allylic oxidation sites excluding steroid dienone is 1. The standard InChI is InChI=1S/C19H18F2O5S/c1-27(25,26)14-5-2-12(3-6-14)15(7-9-19(23)24)16(11-22)13-4-8-17(20)18(21)10-13/h2-6,8,10,22H,7,9,11H2,1H3,(H,23,24). The fraction of sp³-hybridized carbons (Fsp3) is 0.211. The van der Waals surface area contributed by atoms with E-state index in [0.29, 0.717) is 11.1 Å². The molecule has 0 saturated heterocycles. The minimum Gasteiger partial charge on any atom is -0.481 e. The van der Waals surface area contributed by atoms with Gasteiger partial charge in [-0.25, -0.2) is 17.2 Å². The quantitative estimate of drug-likeness (QED) is 0.702. The van der Waals surface area contributed by atoms with Crippen LogP contribution in [0.5, 0.6) is 0 Å². The van der Waals surface area contributed by atoms with Crippen molar-refractivity contribution < 1.29 is 32.2 Å². The van der Waals surface area contributed by atoms with Crippen LogP contribution in [0.4, 0.5) is 8.78 Å². The molecule has 0 bridgehead atoms. The Labute approximate surface area is 155 Å². The van der Waals surface area contributed by atoms with Gasteiger partial charge in [0, 0.05) is 12.7 Å². The van der Waals surface area contributed by atoms with Crippen LogP contribution >= 0.6 is 0 Å². The SMILES string of the molecule is CS(=O)(=O)c1ccc(C(CCC(=O)O)=C(CO)c2ccc(F)c(F)c2)cc1. The monoisotopic (exact) mass is 396 g/mol. The van der Waals surface area contributed by atoms with Crippen molar-refractivity contribution in [1.29, 1.82) is 0 Å². The Morgan fingerprint density at radius 3 is 2.00 bits per heavy atom. The van der Waals surface area contributed by atoms with Gasteiger partial charge in [-0.05, 0) is 53.0 Å². The maximum absolute atomic E-state index is 13.6. The maximum atomic E-state index is 13.6. The zero-order valence-electron chi connectivity index (χ0n) is 14.4. The van der Waals surface area contributed by atoms with E-state index in [-0.39, 0.29) is 28.9 Å². The number of carbonyl (C=O) groups is 1. The fourth-order valence-electron chi connectivity index (χ4n) is 2.65. The molecule has 0 radical (unpaired) electrons. The third kappa shape index (κ3) is 5.21. The lowest BCUT2D eigenvalue weighted by Crippen LogP contribution is -2.03.